The van der Waals surface area contributed by atoms with E-state index in [-0.39, 0.29) is 29.1 Å². The smallest absolute Gasteiger partial charge is 0.151 e. The Morgan fingerprint density at radius 2 is 1.71 bits per heavy atom. The molecule has 2 aliphatic rings. The summed E-state index contributed by atoms with van der Waals surface area (Å²) >= 11 is 0. The Bertz CT molecular complexity index is 399. The van der Waals surface area contributed by atoms with Crippen LogP contribution in [0, 0.1) is 23.7 Å². The molecule has 0 aromatic heterocycles. The van der Waals surface area contributed by atoms with E-state index >= 15 is 0 Å². The minimum Gasteiger partial charge on any atom is -0.299 e. The standard InChI is InChI=1S/C13H22O3S/c1-9-3-4-11(7-10(9)2)13(14)12-5-6-17(15,16)8-12/h9-12H,3-8H2,1-2H3. The van der Waals surface area contributed by atoms with Gasteiger partial charge in [-0.1, -0.05) is 13.8 Å². The van der Waals surface area contributed by atoms with E-state index in [1.165, 1.54) is 0 Å². The maximum atomic E-state index is 12.3. The molecule has 1 heterocycles. The predicted molar refractivity (Wildman–Crippen MR) is 67.4 cm³/mol. The molecule has 3 nitrogen and oxygen atoms in total. The van der Waals surface area contributed by atoms with E-state index in [1.54, 1.807) is 0 Å². The van der Waals surface area contributed by atoms with Crippen molar-refractivity contribution in [2.75, 3.05) is 11.5 Å². The molecular formula is C13H22O3S. The van der Waals surface area contributed by atoms with Gasteiger partial charge in [-0.3, -0.25) is 4.79 Å². The fourth-order valence-electron chi connectivity index (χ4n) is 3.16. The van der Waals surface area contributed by atoms with Gasteiger partial charge in [0.25, 0.3) is 0 Å². The lowest BCUT2D eigenvalue weighted by atomic mass is 9.72. The second-order valence-electron chi connectivity index (χ2n) is 5.97. The van der Waals surface area contributed by atoms with Gasteiger partial charge >= 0.3 is 0 Å². The quantitative estimate of drug-likeness (QED) is 0.762. The Hall–Kier alpha value is -0.380. The number of hydrogen-bond acceptors (Lipinski definition) is 3. The Labute approximate surface area is 104 Å². The van der Waals surface area contributed by atoms with E-state index in [1.807, 2.05) is 0 Å². The molecular weight excluding hydrogens is 236 g/mol. The van der Waals surface area contributed by atoms with Gasteiger partial charge in [-0.25, -0.2) is 8.42 Å². The van der Waals surface area contributed by atoms with Gasteiger partial charge < -0.3 is 0 Å². The number of Topliss-reactive ketones (excluding diaryl/α,β-unsaturated/α-hetero) is 1. The molecule has 0 amide bonds. The van der Waals surface area contributed by atoms with Crippen molar-refractivity contribution in [3.8, 4) is 0 Å². The summed E-state index contributed by atoms with van der Waals surface area (Å²) < 4.78 is 22.8. The Morgan fingerprint density at radius 1 is 1.00 bits per heavy atom. The van der Waals surface area contributed by atoms with Gasteiger partial charge in [0.2, 0.25) is 0 Å². The summed E-state index contributed by atoms with van der Waals surface area (Å²) in [6.07, 6.45) is 3.58. The van der Waals surface area contributed by atoms with Crippen molar-refractivity contribution < 1.29 is 13.2 Å². The Morgan fingerprint density at radius 3 is 2.24 bits per heavy atom. The number of rotatable bonds is 2. The third kappa shape index (κ3) is 2.90. The maximum Gasteiger partial charge on any atom is 0.151 e. The third-order valence-electron chi connectivity index (χ3n) is 4.64. The topological polar surface area (TPSA) is 51.2 Å². The van der Waals surface area contributed by atoms with Crippen LogP contribution in [0.3, 0.4) is 0 Å². The molecule has 2 fully saturated rings. The number of hydrogen-bond donors (Lipinski definition) is 0. The largest absolute Gasteiger partial charge is 0.299 e. The minimum absolute atomic E-state index is 0.103. The van der Waals surface area contributed by atoms with E-state index in [9.17, 15) is 13.2 Å². The summed E-state index contributed by atoms with van der Waals surface area (Å²) in [4.78, 5) is 12.3. The fraction of sp³-hybridized carbons (Fsp3) is 0.923. The van der Waals surface area contributed by atoms with Crippen LogP contribution in [0.5, 0.6) is 0 Å². The van der Waals surface area contributed by atoms with Gasteiger partial charge in [0.15, 0.2) is 9.84 Å². The first-order chi connectivity index (χ1) is 7.89. The molecule has 0 aromatic carbocycles. The van der Waals surface area contributed by atoms with Crippen molar-refractivity contribution in [3.63, 3.8) is 0 Å². The van der Waals surface area contributed by atoms with Crippen molar-refractivity contribution in [2.24, 2.45) is 23.7 Å². The normalized spacial score (nSPS) is 41.3. The average molecular weight is 258 g/mol. The van der Waals surface area contributed by atoms with Gasteiger partial charge in [-0.05, 0) is 37.5 Å². The molecule has 0 spiro atoms. The van der Waals surface area contributed by atoms with Gasteiger partial charge in [0.1, 0.15) is 5.78 Å². The van der Waals surface area contributed by atoms with E-state index in [0.717, 1.165) is 19.3 Å². The molecule has 0 N–H and O–H groups in total. The lowest BCUT2D eigenvalue weighted by molar-refractivity contribution is -0.127. The molecule has 98 valence electrons. The molecule has 4 unspecified atom stereocenters. The highest BCUT2D eigenvalue weighted by Gasteiger charge is 2.38. The molecule has 1 aliphatic heterocycles. The van der Waals surface area contributed by atoms with Crippen molar-refractivity contribution in [1.82, 2.24) is 0 Å². The van der Waals surface area contributed by atoms with E-state index in [4.69, 9.17) is 0 Å². The Balaban J connectivity index is 1.97. The second-order valence-corrected chi connectivity index (χ2v) is 8.20. The Kier molecular flexibility index (Phi) is 3.62. The summed E-state index contributed by atoms with van der Waals surface area (Å²) in [6, 6.07) is 0. The predicted octanol–water partition coefficient (Wildman–Crippen LogP) is 2.06. The molecule has 4 heteroatoms. The first kappa shape index (κ1) is 13.1. The molecule has 1 saturated heterocycles. The molecule has 0 radical (unpaired) electrons. The second kappa shape index (κ2) is 4.71. The zero-order valence-corrected chi connectivity index (χ0v) is 11.5. The molecule has 2 rings (SSSR count). The summed E-state index contributed by atoms with van der Waals surface area (Å²) in [5.74, 6) is 1.76. The number of carbonyl (C=O) groups is 1. The highest BCUT2D eigenvalue weighted by Crippen LogP contribution is 2.36. The van der Waals surface area contributed by atoms with Crippen molar-refractivity contribution >= 4 is 15.6 Å². The summed E-state index contributed by atoms with van der Waals surface area (Å²) in [5, 5.41) is 0. The number of ketones is 1. The van der Waals surface area contributed by atoms with Crippen LogP contribution in [-0.4, -0.2) is 25.7 Å². The SMILES string of the molecule is CC1CCC(C(=O)C2CCS(=O)(=O)C2)CC1C. The lowest BCUT2D eigenvalue weighted by Crippen LogP contribution is -2.31. The summed E-state index contributed by atoms with van der Waals surface area (Å²) in [5.41, 5.74) is 0. The van der Waals surface area contributed by atoms with Gasteiger partial charge in [-0.2, -0.15) is 0 Å². The van der Waals surface area contributed by atoms with Crippen molar-refractivity contribution in [3.05, 3.63) is 0 Å². The van der Waals surface area contributed by atoms with E-state index < -0.39 is 9.84 Å². The zero-order chi connectivity index (χ0) is 12.6. The van der Waals surface area contributed by atoms with Crippen LogP contribution < -0.4 is 0 Å². The van der Waals surface area contributed by atoms with Crippen LogP contribution in [0.15, 0.2) is 0 Å². The van der Waals surface area contributed by atoms with E-state index in [0.29, 0.717) is 18.3 Å². The van der Waals surface area contributed by atoms with Crippen LogP contribution >= 0.6 is 0 Å². The van der Waals surface area contributed by atoms with Crippen LogP contribution in [0.2, 0.25) is 0 Å². The molecule has 1 aliphatic carbocycles. The first-order valence-corrected chi connectivity index (χ1v) is 8.45. The third-order valence-corrected chi connectivity index (χ3v) is 6.40. The van der Waals surface area contributed by atoms with Crippen molar-refractivity contribution in [2.45, 2.75) is 39.5 Å². The highest BCUT2D eigenvalue weighted by atomic mass is 32.2. The number of carbonyl (C=O) groups excluding carboxylic acids is 1. The monoisotopic (exact) mass is 258 g/mol. The van der Waals surface area contributed by atoms with Crippen LogP contribution in [-0.2, 0) is 14.6 Å². The lowest BCUT2D eigenvalue weighted by Gasteiger charge is -2.32. The van der Waals surface area contributed by atoms with Crippen LogP contribution in [0.25, 0.3) is 0 Å². The molecule has 0 aromatic rings. The minimum atomic E-state index is -2.92. The summed E-state index contributed by atoms with van der Waals surface area (Å²) in [6.45, 7) is 4.45. The molecule has 1 saturated carbocycles. The molecule has 0 bridgehead atoms. The van der Waals surface area contributed by atoms with Crippen LogP contribution in [0.4, 0.5) is 0 Å². The number of sulfone groups is 1. The fourth-order valence-corrected chi connectivity index (χ4v) is 4.91. The van der Waals surface area contributed by atoms with Gasteiger partial charge in [0, 0.05) is 11.8 Å². The molecule has 4 atom stereocenters. The maximum absolute atomic E-state index is 12.3. The van der Waals surface area contributed by atoms with E-state index in [2.05, 4.69) is 13.8 Å². The van der Waals surface area contributed by atoms with Gasteiger partial charge in [-0.15, -0.1) is 0 Å². The van der Waals surface area contributed by atoms with Crippen LogP contribution in [0.1, 0.15) is 39.5 Å². The zero-order valence-electron chi connectivity index (χ0n) is 10.7. The molecule has 17 heavy (non-hydrogen) atoms. The van der Waals surface area contributed by atoms with Crippen molar-refractivity contribution in [1.29, 1.82) is 0 Å². The summed E-state index contributed by atoms with van der Waals surface area (Å²) in [7, 11) is -2.92. The first-order valence-electron chi connectivity index (χ1n) is 6.63. The average Bonchev–Trinajstić information content (AvgIpc) is 2.62. The highest BCUT2D eigenvalue weighted by molar-refractivity contribution is 7.91. The van der Waals surface area contributed by atoms with Gasteiger partial charge in [0.05, 0.1) is 11.5 Å².